The Bertz CT molecular complexity index is 774. The molecule has 0 aromatic heterocycles. The minimum atomic E-state index is -0.165. The largest absolute Gasteiger partial charge is 0.490 e. The predicted octanol–water partition coefficient (Wildman–Crippen LogP) is 4.12. The van der Waals surface area contributed by atoms with Gasteiger partial charge in [-0.15, -0.1) is 12.4 Å². The van der Waals surface area contributed by atoms with Crippen LogP contribution in [-0.2, 0) is 4.74 Å². The Morgan fingerprint density at radius 2 is 1.85 bits per heavy atom. The van der Waals surface area contributed by atoms with E-state index in [-0.39, 0.29) is 24.4 Å². The number of nitrogens with one attached hydrogen (secondary N) is 1. The van der Waals surface area contributed by atoms with Crippen LogP contribution in [0.5, 0.6) is 5.75 Å². The lowest BCUT2D eigenvalue weighted by molar-refractivity contribution is 0.0253. The second kappa shape index (κ2) is 8.92. The van der Waals surface area contributed by atoms with E-state index in [2.05, 4.69) is 5.32 Å². The standard InChI is InChI=1S/C20H24N2O3.ClH/c1-13-3-4-15(21)12-18(13)20(23)22-16-5-6-19(14(2)11-16)25-17-7-9-24-10-8-17;/h3-6,11-12,17H,7-10,21H2,1-2H3,(H,22,23);1H. The highest BCUT2D eigenvalue weighted by molar-refractivity contribution is 6.05. The molecule has 0 aliphatic carbocycles. The van der Waals surface area contributed by atoms with Crippen LogP contribution in [-0.4, -0.2) is 25.2 Å². The first-order valence-electron chi connectivity index (χ1n) is 8.55. The summed E-state index contributed by atoms with van der Waals surface area (Å²) in [6.07, 6.45) is 2.02. The van der Waals surface area contributed by atoms with E-state index in [1.165, 1.54) is 0 Å². The van der Waals surface area contributed by atoms with E-state index in [0.717, 1.165) is 48.6 Å². The summed E-state index contributed by atoms with van der Waals surface area (Å²) in [4.78, 5) is 12.5. The third-order valence-electron chi connectivity index (χ3n) is 4.40. The zero-order valence-corrected chi connectivity index (χ0v) is 15.9. The summed E-state index contributed by atoms with van der Waals surface area (Å²) in [5, 5.41) is 2.93. The van der Waals surface area contributed by atoms with Crippen molar-refractivity contribution in [2.24, 2.45) is 0 Å². The lowest BCUT2D eigenvalue weighted by Crippen LogP contribution is -2.26. The van der Waals surface area contributed by atoms with Crippen LogP contribution in [0, 0.1) is 13.8 Å². The Balaban J connectivity index is 0.00000243. The average Bonchev–Trinajstić information content (AvgIpc) is 2.60. The van der Waals surface area contributed by atoms with Crippen LogP contribution >= 0.6 is 12.4 Å². The van der Waals surface area contributed by atoms with E-state index in [1.54, 1.807) is 12.1 Å². The van der Waals surface area contributed by atoms with E-state index < -0.39 is 0 Å². The zero-order chi connectivity index (χ0) is 17.8. The summed E-state index contributed by atoms with van der Waals surface area (Å²) in [5.74, 6) is 0.687. The molecule has 0 bridgehead atoms. The fraction of sp³-hybridized carbons (Fsp3) is 0.350. The number of halogens is 1. The molecule has 5 nitrogen and oxygen atoms in total. The molecular weight excluding hydrogens is 352 g/mol. The number of nitrogen functional groups attached to an aromatic ring is 1. The quantitative estimate of drug-likeness (QED) is 0.787. The fourth-order valence-electron chi connectivity index (χ4n) is 2.92. The molecular formula is C20H25ClN2O3. The van der Waals surface area contributed by atoms with Crippen LogP contribution in [0.2, 0.25) is 0 Å². The highest BCUT2D eigenvalue weighted by atomic mass is 35.5. The van der Waals surface area contributed by atoms with Crippen molar-refractivity contribution in [1.82, 2.24) is 0 Å². The SMILES string of the molecule is Cc1cc(NC(=O)c2cc(N)ccc2C)ccc1OC1CCOCC1.Cl. The van der Waals surface area contributed by atoms with E-state index in [9.17, 15) is 4.79 Å². The number of hydrogen-bond acceptors (Lipinski definition) is 4. The van der Waals surface area contributed by atoms with Gasteiger partial charge in [0, 0.05) is 29.8 Å². The van der Waals surface area contributed by atoms with Crippen LogP contribution in [0.25, 0.3) is 0 Å². The molecule has 1 heterocycles. The van der Waals surface area contributed by atoms with Gasteiger partial charge in [-0.1, -0.05) is 6.07 Å². The topological polar surface area (TPSA) is 73.6 Å². The van der Waals surface area contributed by atoms with E-state index in [1.807, 2.05) is 38.1 Å². The van der Waals surface area contributed by atoms with Gasteiger partial charge in [-0.2, -0.15) is 0 Å². The average molecular weight is 377 g/mol. The van der Waals surface area contributed by atoms with Crippen molar-refractivity contribution >= 4 is 29.7 Å². The number of nitrogens with two attached hydrogens (primary N) is 1. The molecule has 3 rings (SSSR count). The molecule has 1 amide bonds. The second-order valence-corrected chi connectivity index (χ2v) is 6.44. The van der Waals surface area contributed by atoms with Gasteiger partial charge in [0.1, 0.15) is 11.9 Å². The number of hydrogen-bond donors (Lipinski definition) is 2. The number of amides is 1. The number of rotatable bonds is 4. The van der Waals surface area contributed by atoms with E-state index in [4.69, 9.17) is 15.2 Å². The molecule has 0 unspecified atom stereocenters. The first kappa shape index (κ1) is 20.1. The maximum Gasteiger partial charge on any atom is 0.256 e. The molecule has 0 radical (unpaired) electrons. The van der Waals surface area contributed by atoms with Gasteiger partial charge in [0.2, 0.25) is 0 Å². The molecule has 0 atom stereocenters. The third-order valence-corrected chi connectivity index (χ3v) is 4.40. The molecule has 1 aliphatic rings. The van der Waals surface area contributed by atoms with Gasteiger partial charge in [-0.05, 0) is 55.3 Å². The molecule has 0 spiro atoms. The van der Waals surface area contributed by atoms with E-state index >= 15 is 0 Å². The molecule has 1 saturated heterocycles. The Kier molecular flexibility index (Phi) is 6.89. The number of aryl methyl sites for hydroxylation is 2. The Morgan fingerprint density at radius 1 is 1.12 bits per heavy atom. The normalized spacial score (nSPS) is 14.4. The van der Waals surface area contributed by atoms with Crippen LogP contribution in [0.4, 0.5) is 11.4 Å². The molecule has 2 aromatic rings. The van der Waals surface area contributed by atoms with Gasteiger partial charge in [0.25, 0.3) is 5.91 Å². The second-order valence-electron chi connectivity index (χ2n) is 6.44. The summed E-state index contributed by atoms with van der Waals surface area (Å²) in [5.41, 5.74) is 9.57. The van der Waals surface area contributed by atoms with Gasteiger partial charge < -0.3 is 20.5 Å². The molecule has 1 aliphatic heterocycles. The maximum absolute atomic E-state index is 12.5. The van der Waals surface area contributed by atoms with Crippen molar-refractivity contribution < 1.29 is 14.3 Å². The molecule has 140 valence electrons. The number of benzene rings is 2. The van der Waals surface area contributed by atoms with Gasteiger partial charge in [-0.3, -0.25) is 4.79 Å². The Hall–Kier alpha value is -2.24. The fourth-order valence-corrected chi connectivity index (χ4v) is 2.92. The number of ether oxygens (including phenoxy) is 2. The lowest BCUT2D eigenvalue weighted by Gasteiger charge is -2.24. The molecule has 26 heavy (non-hydrogen) atoms. The first-order valence-corrected chi connectivity index (χ1v) is 8.55. The molecule has 6 heteroatoms. The molecule has 0 saturated carbocycles. The van der Waals surface area contributed by atoms with Crippen molar-refractivity contribution in [3.8, 4) is 5.75 Å². The smallest absolute Gasteiger partial charge is 0.256 e. The van der Waals surface area contributed by atoms with Crippen molar-refractivity contribution in [2.75, 3.05) is 24.3 Å². The highest BCUT2D eigenvalue weighted by Crippen LogP contribution is 2.26. The minimum absolute atomic E-state index is 0. The Morgan fingerprint density at radius 3 is 2.54 bits per heavy atom. The van der Waals surface area contributed by atoms with Crippen LogP contribution < -0.4 is 15.8 Å². The predicted molar refractivity (Wildman–Crippen MR) is 106 cm³/mol. The Labute approximate surface area is 160 Å². The molecule has 1 fully saturated rings. The number of anilines is 2. The van der Waals surface area contributed by atoms with Crippen LogP contribution in [0.3, 0.4) is 0 Å². The monoisotopic (exact) mass is 376 g/mol. The lowest BCUT2D eigenvalue weighted by atomic mass is 10.1. The van der Waals surface area contributed by atoms with Crippen molar-refractivity contribution in [2.45, 2.75) is 32.8 Å². The maximum atomic E-state index is 12.5. The van der Waals surface area contributed by atoms with Crippen molar-refractivity contribution in [3.63, 3.8) is 0 Å². The minimum Gasteiger partial charge on any atom is -0.490 e. The van der Waals surface area contributed by atoms with Crippen molar-refractivity contribution in [1.29, 1.82) is 0 Å². The van der Waals surface area contributed by atoms with Gasteiger partial charge in [0.15, 0.2) is 0 Å². The number of carbonyl (C=O) groups is 1. The van der Waals surface area contributed by atoms with Crippen molar-refractivity contribution in [3.05, 3.63) is 53.1 Å². The van der Waals surface area contributed by atoms with Gasteiger partial charge in [0.05, 0.1) is 13.2 Å². The summed E-state index contributed by atoms with van der Waals surface area (Å²) < 4.78 is 11.4. The van der Waals surface area contributed by atoms with Crippen LogP contribution in [0.15, 0.2) is 36.4 Å². The zero-order valence-electron chi connectivity index (χ0n) is 15.1. The van der Waals surface area contributed by atoms with Gasteiger partial charge >= 0.3 is 0 Å². The summed E-state index contributed by atoms with van der Waals surface area (Å²) in [6.45, 7) is 5.37. The summed E-state index contributed by atoms with van der Waals surface area (Å²) in [6, 6.07) is 11.0. The molecule has 2 aromatic carbocycles. The number of carbonyl (C=O) groups excluding carboxylic acids is 1. The third kappa shape index (κ3) is 4.90. The highest BCUT2D eigenvalue weighted by Gasteiger charge is 2.16. The van der Waals surface area contributed by atoms with Crippen LogP contribution in [0.1, 0.15) is 34.3 Å². The summed E-state index contributed by atoms with van der Waals surface area (Å²) >= 11 is 0. The summed E-state index contributed by atoms with van der Waals surface area (Å²) in [7, 11) is 0. The van der Waals surface area contributed by atoms with Gasteiger partial charge in [-0.25, -0.2) is 0 Å². The molecule has 3 N–H and O–H groups in total. The van der Waals surface area contributed by atoms with E-state index in [0.29, 0.717) is 11.3 Å². The first-order chi connectivity index (χ1) is 12.0.